The molecule has 0 rings (SSSR count). The van der Waals surface area contributed by atoms with Crippen LogP contribution in [0.4, 0.5) is 13.2 Å². The summed E-state index contributed by atoms with van der Waals surface area (Å²) >= 11 is 0. The molecule has 0 bridgehead atoms. The van der Waals surface area contributed by atoms with E-state index in [1.165, 1.54) is 0 Å². The highest BCUT2D eigenvalue weighted by atomic mass is 19.4. The van der Waals surface area contributed by atoms with E-state index in [1.807, 2.05) is 0 Å². The quantitative estimate of drug-likeness (QED) is 0.695. The van der Waals surface area contributed by atoms with Crippen LogP contribution in [0.2, 0.25) is 0 Å². The molecule has 0 amide bonds. The van der Waals surface area contributed by atoms with Crippen molar-refractivity contribution in [2.24, 2.45) is 0 Å². The number of alkyl halides is 3. The van der Waals surface area contributed by atoms with Crippen molar-refractivity contribution in [1.82, 2.24) is 0 Å². The molecule has 2 N–H and O–H groups in total. The maximum atomic E-state index is 11.8. The fraction of sp³-hybridized carbons (Fsp3) is 0.833. The molecular weight excluding hydrogens is 177 g/mol. The minimum absolute atomic E-state index is 0.552. The van der Waals surface area contributed by atoms with E-state index in [0.29, 0.717) is 6.92 Å². The van der Waals surface area contributed by atoms with Crippen LogP contribution in [0, 0.1) is 0 Å². The van der Waals surface area contributed by atoms with Gasteiger partial charge in [-0.25, -0.2) is 0 Å². The fourth-order valence-corrected chi connectivity index (χ4v) is 0.492. The fourth-order valence-electron chi connectivity index (χ4n) is 0.492. The first-order valence-electron chi connectivity index (χ1n) is 3.18. The van der Waals surface area contributed by atoms with Crippen molar-refractivity contribution >= 4 is 5.97 Å². The molecule has 0 aromatic heterocycles. The van der Waals surface area contributed by atoms with Crippen molar-refractivity contribution in [3.63, 3.8) is 0 Å². The van der Waals surface area contributed by atoms with Gasteiger partial charge >= 0.3 is 12.1 Å². The zero-order chi connectivity index (χ0) is 9.99. The van der Waals surface area contributed by atoms with Crippen molar-refractivity contribution in [2.45, 2.75) is 31.5 Å². The summed E-state index contributed by atoms with van der Waals surface area (Å²) < 4.78 is 35.5. The first-order chi connectivity index (χ1) is 5.17. The van der Waals surface area contributed by atoms with Gasteiger partial charge in [0.05, 0.1) is 0 Å². The normalized spacial score (nSPS) is 17.1. The summed E-state index contributed by atoms with van der Waals surface area (Å²) in [5.41, 5.74) is -2.91. The van der Waals surface area contributed by atoms with E-state index >= 15 is 0 Å². The maximum absolute atomic E-state index is 11.8. The molecule has 12 heavy (non-hydrogen) atoms. The smallest absolute Gasteiger partial charge is 0.416 e. The number of carbonyl (C=O) groups is 1. The second kappa shape index (κ2) is 3.30. The van der Waals surface area contributed by atoms with Gasteiger partial charge in [-0.3, -0.25) is 4.79 Å². The SMILES string of the molecule is CC(O)(CCC(=O)O)C(F)(F)F. The van der Waals surface area contributed by atoms with Crippen LogP contribution < -0.4 is 0 Å². The Balaban J connectivity index is 4.14. The number of rotatable bonds is 3. The summed E-state index contributed by atoms with van der Waals surface area (Å²) in [5.74, 6) is -1.36. The first-order valence-corrected chi connectivity index (χ1v) is 3.18. The Labute approximate surface area is 66.8 Å². The minimum Gasteiger partial charge on any atom is -0.481 e. The molecule has 0 aliphatic carbocycles. The van der Waals surface area contributed by atoms with Gasteiger partial charge in [0.25, 0.3) is 0 Å². The topological polar surface area (TPSA) is 57.5 Å². The van der Waals surface area contributed by atoms with Crippen LogP contribution in [0.3, 0.4) is 0 Å². The van der Waals surface area contributed by atoms with Gasteiger partial charge in [0.1, 0.15) is 0 Å². The molecule has 0 spiro atoms. The lowest BCUT2D eigenvalue weighted by molar-refractivity contribution is -0.255. The second-order valence-electron chi connectivity index (χ2n) is 2.67. The highest BCUT2D eigenvalue weighted by Crippen LogP contribution is 2.33. The molecule has 3 nitrogen and oxygen atoms in total. The number of hydrogen-bond acceptors (Lipinski definition) is 2. The Morgan fingerprint density at radius 2 is 1.83 bits per heavy atom. The molecule has 0 aromatic carbocycles. The third-order valence-corrected chi connectivity index (χ3v) is 1.44. The maximum Gasteiger partial charge on any atom is 0.416 e. The lowest BCUT2D eigenvalue weighted by Crippen LogP contribution is -2.42. The third kappa shape index (κ3) is 3.08. The van der Waals surface area contributed by atoms with Gasteiger partial charge < -0.3 is 10.2 Å². The number of halogens is 3. The second-order valence-corrected chi connectivity index (χ2v) is 2.67. The standard InChI is InChI=1S/C6H9F3O3/c1-5(12,6(7,8)9)3-2-4(10)11/h12H,2-3H2,1H3,(H,10,11). The lowest BCUT2D eigenvalue weighted by atomic mass is 10.00. The molecule has 0 saturated carbocycles. The predicted molar refractivity (Wildman–Crippen MR) is 33.5 cm³/mol. The molecule has 0 radical (unpaired) electrons. The van der Waals surface area contributed by atoms with E-state index in [-0.39, 0.29) is 0 Å². The van der Waals surface area contributed by atoms with Crippen LogP contribution in [0.1, 0.15) is 19.8 Å². The number of aliphatic carboxylic acids is 1. The van der Waals surface area contributed by atoms with Crippen LogP contribution in [0.5, 0.6) is 0 Å². The Hall–Kier alpha value is -0.780. The molecule has 0 aliphatic heterocycles. The summed E-state index contributed by atoms with van der Waals surface area (Å²) in [6.45, 7) is 0.552. The van der Waals surface area contributed by atoms with E-state index in [9.17, 15) is 18.0 Å². The van der Waals surface area contributed by atoms with Crippen molar-refractivity contribution in [1.29, 1.82) is 0 Å². The zero-order valence-corrected chi connectivity index (χ0v) is 6.35. The number of carboxylic acids is 1. The van der Waals surface area contributed by atoms with E-state index in [0.717, 1.165) is 0 Å². The number of carboxylic acid groups (broad SMARTS) is 1. The van der Waals surface area contributed by atoms with Crippen LogP contribution in [-0.4, -0.2) is 28.0 Å². The first kappa shape index (κ1) is 11.2. The minimum atomic E-state index is -4.78. The zero-order valence-electron chi connectivity index (χ0n) is 6.35. The van der Waals surface area contributed by atoms with Gasteiger partial charge in [-0.05, 0) is 13.3 Å². The molecule has 1 unspecified atom stereocenters. The summed E-state index contributed by atoms with van der Waals surface area (Å²) in [7, 11) is 0. The van der Waals surface area contributed by atoms with E-state index in [4.69, 9.17) is 10.2 Å². The highest BCUT2D eigenvalue weighted by Gasteiger charge is 2.49. The molecule has 0 fully saturated rings. The molecule has 0 saturated heterocycles. The van der Waals surface area contributed by atoms with Crippen molar-refractivity contribution in [3.8, 4) is 0 Å². The van der Waals surface area contributed by atoms with Gasteiger partial charge in [0.2, 0.25) is 0 Å². The van der Waals surface area contributed by atoms with Crippen LogP contribution >= 0.6 is 0 Å². The Morgan fingerprint density at radius 3 is 2.08 bits per heavy atom. The predicted octanol–water partition coefficient (Wildman–Crippen LogP) is 1.16. The van der Waals surface area contributed by atoms with Crippen molar-refractivity contribution in [3.05, 3.63) is 0 Å². The molecule has 0 aromatic rings. The van der Waals surface area contributed by atoms with Gasteiger partial charge in [0, 0.05) is 6.42 Å². The number of hydrogen-bond donors (Lipinski definition) is 2. The van der Waals surface area contributed by atoms with E-state index < -0.39 is 30.6 Å². The van der Waals surface area contributed by atoms with Gasteiger partial charge in [0.15, 0.2) is 5.60 Å². The summed E-state index contributed by atoms with van der Waals surface area (Å²) in [6, 6.07) is 0. The highest BCUT2D eigenvalue weighted by molar-refractivity contribution is 5.66. The van der Waals surface area contributed by atoms with Crippen molar-refractivity contribution < 1.29 is 28.2 Å². The van der Waals surface area contributed by atoms with Gasteiger partial charge in [-0.15, -0.1) is 0 Å². The van der Waals surface area contributed by atoms with E-state index in [2.05, 4.69) is 0 Å². The van der Waals surface area contributed by atoms with Gasteiger partial charge in [-0.1, -0.05) is 0 Å². The van der Waals surface area contributed by atoms with Gasteiger partial charge in [-0.2, -0.15) is 13.2 Å². The molecule has 72 valence electrons. The van der Waals surface area contributed by atoms with Crippen LogP contribution in [0.15, 0.2) is 0 Å². The average molecular weight is 186 g/mol. The monoisotopic (exact) mass is 186 g/mol. The Bertz CT molecular complexity index is 173. The Kier molecular flexibility index (Phi) is 3.09. The molecule has 0 aliphatic rings. The van der Waals surface area contributed by atoms with Crippen LogP contribution in [0.25, 0.3) is 0 Å². The average Bonchev–Trinajstić information content (AvgIpc) is 1.81. The third-order valence-electron chi connectivity index (χ3n) is 1.44. The summed E-state index contributed by atoms with van der Waals surface area (Å²) in [6.07, 6.45) is -6.30. The summed E-state index contributed by atoms with van der Waals surface area (Å²) in [4.78, 5) is 9.89. The largest absolute Gasteiger partial charge is 0.481 e. The van der Waals surface area contributed by atoms with E-state index in [1.54, 1.807) is 0 Å². The molecule has 1 atom stereocenters. The lowest BCUT2D eigenvalue weighted by Gasteiger charge is -2.25. The van der Waals surface area contributed by atoms with Crippen LogP contribution in [-0.2, 0) is 4.79 Å². The summed E-state index contributed by atoms with van der Waals surface area (Å²) in [5, 5.41) is 16.8. The molecule has 6 heteroatoms. The Morgan fingerprint density at radius 1 is 1.42 bits per heavy atom. The molecular formula is C6H9F3O3. The number of aliphatic hydroxyl groups is 1. The molecule has 0 heterocycles. The van der Waals surface area contributed by atoms with Crippen molar-refractivity contribution in [2.75, 3.05) is 0 Å².